The van der Waals surface area contributed by atoms with Crippen molar-refractivity contribution in [1.82, 2.24) is 10.3 Å². The van der Waals surface area contributed by atoms with Gasteiger partial charge in [-0.2, -0.15) is 5.10 Å². The Morgan fingerprint density at radius 1 is 1.11 bits per heavy atom. The summed E-state index contributed by atoms with van der Waals surface area (Å²) in [5, 5.41) is 11.6. The van der Waals surface area contributed by atoms with Crippen LogP contribution in [0.15, 0.2) is 77.2 Å². The summed E-state index contributed by atoms with van der Waals surface area (Å²) in [5.41, 5.74) is 4.45. The number of carbonyl (C=O) groups excluding carboxylic acids is 1. The largest absolute Gasteiger partial charge is 0.297 e. The number of amides is 1. The maximum absolute atomic E-state index is 12.7. The van der Waals surface area contributed by atoms with Gasteiger partial charge in [0.15, 0.2) is 0 Å². The third kappa shape index (κ3) is 4.21. The number of benzene rings is 2. The molecule has 4 rings (SSSR count). The lowest BCUT2D eigenvalue weighted by molar-refractivity contribution is -0.129. The van der Waals surface area contributed by atoms with E-state index in [0.29, 0.717) is 6.54 Å². The second-order valence-electron chi connectivity index (χ2n) is 6.92. The van der Waals surface area contributed by atoms with Gasteiger partial charge in [-0.05, 0) is 29.5 Å². The topological polar surface area (TPSA) is 44.7 Å². The first-order chi connectivity index (χ1) is 13.7. The summed E-state index contributed by atoms with van der Waals surface area (Å²) in [6.07, 6.45) is 0.794. The molecule has 1 atom stereocenters. The minimum Gasteiger partial charge on any atom is -0.297 e. The lowest BCUT2D eigenvalue weighted by Crippen LogP contribution is -2.35. The maximum Gasteiger partial charge on any atom is 0.256 e. The molecule has 0 fully saturated rings. The molecule has 4 nitrogen and oxygen atoms in total. The van der Waals surface area contributed by atoms with Crippen LogP contribution in [0.25, 0.3) is 0 Å². The molecule has 1 aliphatic rings. The summed E-state index contributed by atoms with van der Waals surface area (Å²) in [6.45, 7) is 2.97. The van der Waals surface area contributed by atoms with E-state index < -0.39 is 0 Å². The second kappa shape index (κ2) is 8.50. The molecule has 1 amide bonds. The van der Waals surface area contributed by atoms with Crippen LogP contribution in [0.4, 0.5) is 0 Å². The highest BCUT2D eigenvalue weighted by molar-refractivity contribution is 7.10. The SMILES string of the molecule is Cc1ccc([C@H](NCC(=O)N2CCC(c3ccccc3)=N2)c2cccs2)cc1. The van der Waals surface area contributed by atoms with Crippen molar-refractivity contribution in [1.29, 1.82) is 0 Å². The van der Waals surface area contributed by atoms with Crippen molar-refractivity contribution in [3.8, 4) is 0 Å². The van der Waals surface area contributed by atoms with Gasteiger partial charge < -0.3 is 0 Å². The minimum absolute atomic E-state index is 0.000371. The Morgan fingerprint density at radius 2 is 1.89 bits per heavy atom. The molecule has 1 aromatic heterocycles. The average molecular weight is 390 g/mol. The molecular weight excluding hydrogens is 366 g/mol. The number of aryl methyl sites for hydroxylation is 1. The molecule has 0 saturated carbocycles. The van der Waals surface area contributed by atoms with E-state index in [0.717, 1.165) is 23.3 Å². The van der Waals surface area contributed by atoms with Crippen LogP contribution in [-0.2, 0) is 4.79 Å². The molecule has 0 aliphatic carbocycles. The van der Waals surface area contributed by atoms with Crippen molar-refractivity contribution in [2.45, 2.75) is 19.4 Å². The monoisotopic (exact) mass is 389 g/mol. The molecule has 1 N–H and O–H groups in total. The fourth-order valence-electron chi connectivity index (χ4n) is 3.35. The molecule has 0 bridgehead atoms. The molecule has 28 heavy (non-hydrogen) atoms. The third-order valence-electron chi connectivity index (χ3n) is 4.89. The van der Waals surface area contributed by atoms with Crippen molar-refractivity contribution < 1.29 is 4.79 Å². The summed E-state index contributed by atoms with van der Waals surface area (Å²) < 4.78 is 0. The van der Waals surface area contributed by atoms with Crippen molar-refractivity contribution in [3.63, 3.8) is 0 Å². The molecule has 0 saturated heterocycles. The lowest BCUT2D eigenvalue weighted by atomic mass is 10.0. The molecule has 2 aromatic carbocycles. The lowest BCUT2D eigenvalue weighted by Gasteiger charge is -2.19. The Kier molecular flexibility index (Phi) is 5.65. The van der Waals surface area contributed by atoms with Crippen molar-refractivity contribution in [2.24, 2.45) is 5.10 Å². The fraction of sp³-hybridized carbons (Fsp3) is 0.217. The Balaban J connectivity index is 1.45. The predicted octanol–water partition coefficient (Wildman–Crippen LogP) is 4.37. The molecule has 2 heterocycles. The van der Waals surface area contributed by atoms with Gasteiger partial charge in [-0.3, -0.25) is 10.1 Å². The average Bonchev–Trinajstić information content (AvgIpc) is 3.42. The van der Waals surface area contributed by atoms with E-state index >= 15 is 0 Å². The Morgan fingerprint density at radius 3 is 2.61 bits per heavy atom. The Bertz CT molecular complexity index is 949. The third-order valence-corrected chi connectivity index (χ3v) is 5.83. The van der Waals surface area contributed by atoms with Crippen LogP contribution in [0, 0.1) is 6.92 Å². The van der Waals surface area contributed by atoms with Crippen LogP contribution < -0.4 is 5.32 Å². The smallest absolute Gasteiger partial charge is 0.256 e. The summed E-state index contributed by atoms with van der Waals surface area (Å²) in [7, 11) is 0. The molecule has 0 spiro atoms. The number of carbonyl (C=O) groups is 1. The summed E-state index contributed by atoms with van der Waals surface area (Å²) in [6, 6.07) is 22.7. The number of hydrogen-bond acceptors (Lipinski definition) is 4. The molecule has 3 aromatic rings. The number of rotatable bonds is 6. The summed E-state index contributed by atoms with van der Waals surface area (Å²) >= 11 is 1.70. The van der Waals surface area contributed by atoms with Crippen LogP contribution in [0.1, 0.15) is 34.0 Å². The van der Waals surface area contributed by atoms with E-state index in [-0.39, 0.29) is 18.5 Å². The van der Waals surface area contributed by atoms with Crippen LogP contribution >= 0.6 is 11.3 Å². The van der Waals surface area contributed by atoms with Crippen molar-refractivity contribution in [3.05, 3.63) is 93.7 Å². The zero-order valence-corrected chi connectivity index (χ0v) is 16.7. The first-order valence-electron chi connectivity index (χ1n) is 9.47. The molecule has 0 unspecified atom stereocenters. The van der Waals surface area contributed by atoms with E-state index in [2.05, 4.69) is 53.1 Å². The zero-order chi connectivity index (χ0) is 19.3. The van der Waals surface area contributed by atoms with Crippen LogP contribution in [0.3, 0.4) is 0 Å². The van der Waals surface area contributed by atoms with E-state index in [9.17, 15) is 4.79 Å². The quantitative estimate of drug-likeness (QED) is 0.680. The van der Waals surface area contributed by atoms with Crippen molar-refractivity contribution >= 4 is 23.0 Å². The number of thiophene rings is 1. The van der Waals surface area contributed by atoms with Crippen LogP contribution in [0.2, 0.25) is 0 Å². The van der Waals surface area contributed by atoms with Gasteiger partial charge in [0.05, 0.1) is 24.8 Å². The van der Waals surface area contributed by atoms with Gasteiger partial charge in [0.2, 0.25) is 0 Å². The normalized spacial score (nSPS) is 14.8. The van der Waals surface area contributed by atoms with E-state index in [1.54, 1.807) is 16.3 Å². The Hall–Kier alpha value is -2.76. The molecule has 5 heteroatoms. The summed E-state index contributed by atoms with van der Waals surface area (Å²) in [5.74, 6) is -0.000371. The van der Waals surface area contributed by atoms with Gasteiger partial charge in [-0.1, -0.05) is 66.2 Å². The van der Waals surface area contributed by atoms with Gasteiger partial charge in [-0.15, -0.1) is 11.3 Å². The first kappa shape index (κ1) is 18.6. The van der Waals surface area contributed by atoms with Crippen LogP contribution in [-0.4, -0.2) is 29.7 Å². The Labute approximate surface area is 169 Å². The number of nitrogens with one attached hydrogen (secondary N) is 1. The molecule has 0 radical (unpaired) electrons. The van der Waals surface area contributed by atoms with Gasteiger partial charge in [-0.25, -0.2) is 5.01 Å². The molecular formula is C23H23N3OS. The van der Waals surface area contributed by atoms with E-state index in [4.69, 9.17) is 0 Å². The van der Waals surface area contributed by atoms with Crippen LogP contribution in [0.5, 0.6) is 0 Å². The van der Waals surface area contributed by atoms with Crippen molar-refractivity contribution in [2.75, 3.05) is 13.1 Å². The van der Waals surface area contributed by atoms with Gasteiger partial charge in [0, 0.05) is 11.3 Å². The van der Waals surface area contributed by atoms with Gasteiger partial charge >= 0.3 is 0 Å². The first-order valence-corrected chi connectivity index (χ1v) is 10.4. The molecule has 142 valence electrons. The maximum atomic E-state index is 12.7. The van der Waals surface area contributed by atoms with Gasteiger partial charge in [0.25, 0.3) is 5.91 Å². The summed E-state index contributed by atoms with van der Waals surface area (Å²) in [4.78, 5) is 13.9. The second-order valence-corrected chi connectivity index (χ2v) is 7.90. The number of hydrogen-bond donors (Lipinski definition) is 1. The molecule has 1 aliphatic heterocycles. The van der Waals surface area contributed by atoms with E-state index in [1.165, 1.54) is 10.4 Å². The highest BCUT2D eigenvalue weighted by Gasteiger charge is 2.23. The number of hydrazone groups is 1. The zero-order valence-electron chi connectivity index (χ0n) is 15.8. The van der Waals surface area contributed by atoms with Gasteiger partial charge in [0.1, 0.15) is 0 Å². The standard InChI is InChI=1S/C23H23N3OS/c1-17-9-11-19(12-10-17)23(21-8-5-15-28-21)24-16-22(27)26-14-13-20(25-26)18-6-3-2-4-7-18/h2-12,15,23-24H,13-14,16H2,1H3/t23-/m0/s1. The fourth-order valence-corrected chi connectivity index (χ4v) is 4.18. The highest BCUT2D eigenvalue weighted by Crippen LogP contribution is 2.26. The highest BCUT2D eigenvalue weighted by atomic mass is 32.1. The minimum atomic E-state index is -0.000371. The number of nitrogens with zero attached hydrogens (tertiary/aromatic N) is 2. The van der Waals surface area contributed by atoms with E-state index in [1.807, 2.05) is 36.4 Å². The predicted molar refractivity (Wildman–Crippen MR) is 115 cm³/mol.